The molecule has 3 nitrogen and oxygen atoms in total. The molecule has 0 unspecified atom stereocenters. The maximum absolute atomic E-state index is 6.43. The Bertz CT molecular complexity index is 803. The highest BCUT2D eigenvalue weighted by Crippen LogP contribution is 2.34. The number of hydrogen-bond donors (Lipinski definition) is 1. The maximum atomic E-state index is 6.43. The summed E-state index contributed by atoms with van der Waals surface area (Å²) in [6.45, 7) is 2.11. The van der Waals surface area contributed by atoms with Crippen molar-refractivity contribution in [1.29, 1.82) is 0 Å². The Balaban J connectivity index is 1.95. The molecule has 1 aliphatic rings. The molecule has 1 aromatic heterocycles. The molecule has 0 spiro atoms. The molecule has 0 aliphatic carbocycles. The average Bonchev–Trinajstić information content (AvgIpc) is 2.95. The maximum Gasteiger partial charge on any atom is 0.142 e. The number of imidazole rings is 1. The highest BCUT2D eigenvalue weighted by Gasteiger charge is 2.22. The van der Waals surface area contributed by atoms with Crippen LogP contribution in [0.1, 0.15) is 18.9 Å². The summed E-state index contributed by atoms with van der Waals surface area (Å²) >= 11 is 6.43. The van der Waals surface area contributed by atoms with Gasteiger partial charge in [-0.3, -0.25) is 0 Å². The summed E-state index contributed by atoms with van der Waals surface area (Å²) in [6, 6.07) is 16.8. The van der Waals surface area contributed by atoms with Crippen LogP contribution in [0.25, 0.3) is 22.4 Å². The second kappa shape index (κ2) is 5.75. The van der Waals surface area contributed by atoms with Gasteiger partial charge in [0.1, 0.15) is 5.82 Å². The average molecular weight is 312 g/mol. The lowest BCUT2D eigenvalue weighted by Crippen LogP contribution is -2.29. The van der Waals surface area contributed by atoms with Crippen LogP contribution in [-0.2, 0) is 0 Å². The molecular weight excluding hydrogens is 294 g/mol. The molecule has 4 rings (SSSR count). The van der Waals surface area contributed by atoms with Crippen LogP contribution in [0, 0.1) is 0 Å². The van der Waals surface area contributed by atoms with Gasteiger partial charge in [-0.2, -0.15) is 0 Å². The van der Waals surface area contributed by atoms with Crippen LogP contribution in [0.2, 0.25) is 5.02 Å². The Kier molecular flexibility index (Phi) is 3.60. The molecule has 22 heavy (non-hydrogen) atoms. The van der Waals surface area contributed by atoms with Crippen molar-refractivity contribution >= 4 is 22.6 Å². The first-order valence-corrected chi connectivity index (χ1v) is 8.15. The molecule has 2 aromatic carbocycles. The summed E-state index contributed by atoms with van der Waals surface area (Å²) in [7, 11) is 0. The Morgan fingerprint density at radius 2 is 1.73 bits per heavy atom. The highest BCUT2D eigenvalue weighted by atomic mass is 35.5. The largest absolute Gasteiger partial charge is 0.321 e. The van der Waals surface area contributed by atoms with Crippen molar-refractivity contribution in [3.63, 3.8) is 0 Å². The van der Waals surface area contributed by atoms with Gasteiger partial charge in [0.05, 0.1) is 16.1 Å². The summed E-state index contributed by atoms with van der Waals surface area (Å²) in [5.74, 6) is 0.985. The van der Waals surface area contributed by atoms with E-state index in [0.29, 0.717) is 6.04 Å². The fraction of sp³-hybridized carbons (Fsp3) is 0.278. The molecule has 1 N–H and O–H groups in total. The Labute approximate surface area is 134 Å². The molecule has 3 aromatic rings. The zero-order chi connectivity index (χ0) is 14.9. The third-order valence-corrected chi connectivity index (χ3v) is 4.71. The number of benzene rings is 2. The van der Waals surface area contributed by atoms with Crippen LogP contribution in [-0.4, -0.2) is 22.6 Å². The normalized spacial score (nSPS) is 16.2. The second-order valence-electron chi connectivity index (χ2n) is 5.76. The van der Waals surface area contributed by atoms with Crippen molar-refractivity contribution in [2.24, 2.45) is 0 Å². The number of para-hydroxylation sites is 2. The molecule has 0 bridgehead atoms. The Morgan fingerprint density at radius 3 is 2.55 bits per heavy atom. The minimum Gasteiger partial charge on any atom is -0.321 e. The number of rotatable bonds is 2. The molecule has 2 heterocycles. The number of aromatic nitrogens is 2. The number of hydrogen-bond acceptors (Lipinski definition) is 2. The van der Waals surface area contributed by atoms with Crippen molar-refractivity contribution in [3.8, 4) is 11.4 Å². The van der Waals surface area contributed by atoms with Crippen LogP contribution in [0.4, 0.5) is 0 Å². The molecule has 1 aliphatic heterocycles. The van der Waals surface area contributed by atoms with Gasteiger partial charge in [-0.1, -0.05) is 35.9 Å². The van der Waals surface area contributed by atoms with Gasteiger partial charge in [-0.25, -0.2) is 4.98 Å². The second-order valence-corrected chi connectivity index (χ2v) is 6.16. The number of fused-ring (bicyclic) bond motifs is 1. The van der Waals surface area contributed by atoms with Crippen molar-refractivity contribution in [1.82, 2.24) is 14.9 Å². The van der Waals surface area contributed by atoms with E-state index in [-0.39, 0.29) is 0 Å². The van der Waals surface area contributed by atoms with E-state index in [1.165, 1.54) is 5.52 Å². The van der Waals surface area contributed by atoms with Crippen molar-refractivity contribution < 1.29 is 0 Å². The van der Waals surface area contributed by atoms with Crippen molar-refractivity contribution in [3.05, 3.63) is 53.6 Å². The van der Waals surface area contributed by atoms with Gasteiger partial charge in [0.25, 0.3) is 0 Å². The summed E-state index contributed by atoms with van der Waals surface area (Å²) in [4.78, 5) is 4.88. The number of halogens is 1. The molecule has 0 radical (unpaired) electrons. The lowest BCUT2D eigenvalue weighted by Gasteiger charge is -2.26. The van der Waals surface area contributed by atoms with Gasteiger partial charge < -0.3 is 9.88 Å². The number of nitrogens with zero attached hydrogens (tertiary/aromatic N) is 2. The smallest absolute Gasteiger partial charge is 0.142 e. The fourth-order valence-electron chi connectivity index (χ4n) is 3.31. The van der Waals surface area contributed by atoms with Crippen LogP contribution >= 0.6 is 11.6 Å². The van der Waals surface area contributed by atoms with Crippen LogP contribution in [0.5, 0.6) is 0 Å². The van der Waals surface area contributed by atoms with E-state index in [0.717, 1.165) is 47.9 Å². The Hall–Kier alpha value is -1.84. The van der Waals surface area contributed by atoms with Crippen molar-refractivity contribution in [2.45, 2.75) is 18.9 Å². The van der Waals surface area contributed by atoms with Crippen LogP contribution < -0.4 is 5.32 Å². The molecule has 0 amide bonds. The van der Waals surface area contributed by atoms with E-state index < -0.39 is 0 Å². The van der Waals surface area contributed by atoms with Gasteiger partial charge in [0.15, 0.2) is 0 Å². The van der Waals surface area contributed by atoms with E-state index >= 15 is 0 Å². The third-order valence-electron chi connectivity index (χ3n) is 4.38. The molecule has 0 atom stereocenters. The molecular formula is C18H18ClN3. The van der Waals surface area contributed by atoms with Gasteiger partial charge in [0, 0.05) is 11.6 Å². The third kappa shape index (κ3) is 2.31. The minimum absolute atomic E-state index is 0.472. The lowest BCUT2D eigenvalue weighted by atomic mass is 10.1. The van der Waals surface area contributed by atoms with Gasteiger partial charge in [-0.15, -0.1) is 0 Å². The number of nitrogens with one attached hydrogen (secondary N) is 1. The van der Waals surface area contributed by atoms with Gasteiger partial charge >= 0.3 is 0 Å². The van der Waals surface area contributed by atoms with Crippen LogP contribution in [0.3, 0.4) is 0 Å². The van der Waals surface area contributed by atoms with E-state index in [1.54, 1.807) is 0 Å². The molecule has 1 saturated heterocycles. The Morgan fingerprint density at radius 1 is 1.00 bits per heavy atom. The van der Waals surface area contributed by atoms with E-state index in [1.807, 2.05) is 24.3 Å². The topological polar surface area (TPSA) is 29.9 Å². The zero-order valence-electron chi connectivity index (χ0n) is 12.3. The monoisotopic (exact) mass is 311 g/mol. The molecule has 112 valence electrons. The molecule has 4 heteroatoms. The number of piperidine rings is 1. The van der Waals surface area contributed by atoms with E-state index in [9.17, 15) is 0 Å². The lowest BCUT2D eigenvalue weighted by molar-refractivity contribution is 0.377. The first kappa shape index (κ1) is 13.8. The van der Waals surface area contributed by atoms with Gasteiger partial charge in [-0.05, 0) is 50.2 Å². The molecule has 1 fully saturated rings. The fourth-order valence-corrected chi connectivity index (χ4v) is 3.53. The van der Waals surface area contributed by atoms with Crippen molar-refractivity contribution in [2.75, 3.05) is 13.1 Å². The first-order valence-electron chi connectivity index (χ1n) is 7.77. The first-order chi connectivity index (χ1) is 10.8. The zero-order valence-corrected chi connectivity index (χ0v) is 13.1. The summed E-state index contributed by atoms with van der Waals surface area (Å²) in [5.41, 5.74) is 3.25. The SMILES string of the molecule is Clc1ccccc1-c1nc2ccccc2n1C1CCNCC1. The predicted molar refractivity (Wildman–Crippen MR) is 91.3 cm³/mol. The molecule has 0 saturated carbocycles. The highest BCUT2D eigenvalue weighted by molar-refractivity contribution is 6.33. The van der Waals surface area contributed by atoms with Crippen LogP contribution in [0.15, 0.2) is 48.5 Å². The quantitative estimate of drug-likeness (QED) is 0.765. The standard InChI is InChI=1S/C18H18ClN3/c19-15-6-2-1-5-14(15)18-21-16-7-3-4-8-17(16)22(18)13-9-11-20-12-10-13/h1-8,13,20H,9-12H2. The predicted octanol–water partition coefficient (Wildman–Crippen LogP) is 4.28. The van der Waals surface area contributed by atoms with E-state index in [2.05, 4.69) is 34.1 Å². The minimum atomic E-state index is 0.472. The van der Waals surface area contributed by atoms with Gasteiger partial charge in [0.2, 0.25) is 0 Å². The summed E-state index contributed by atoms with van der Waals surface area (Å²) in [5, 5.41) is 4.19. The summed E-state index contributed by atoms with van der Waals surface area (Å²) < 4.78 is 2.39. The summed E-state index contributed by atoms with van der Waals surface area (Å²) in [6.07, 6.45) is 2.25. The van der Waals surface area contributed by atoms with E-state index in [4.69, 9.17) is 16.6 Å².